The normalized spacial score (nSPS) is 12.9. The van der Waals surface area contributed by atoms with Crippen LogP contribution in [0.4, 0.5) is 4.39 Å². The third-order valence-corrected chi connectivity index (χ3v) is 2.77. The molecule has 2 heterocycles. The van der Waals surface area contributed by atoms with Crippen molar-refractivity contribution in [1.29, 1.82) is 0 Å². The topological polar surface area (TPSA) is 77.8 Å². The van der Waals surface area contributed by atoms with E-state index >= 15 is 0 Å². The lowest BCUT2D eigenvalue weighted by Gasteiger charge is -2.13. The van der Waals surface area contributed by atoms with E-state index in [9.17, 15) is 4.39 Å². The van der Waals surface area contributed by atoms with Gasteiger partial charge >= 0.3 is 0 Å². The second-order valence-electron chi connectivity index (χ2n) is 4.40. The highest BCUT2D eigenvalue weighted by molar-refractivity contribution is 5.47. The van der Waals surface area contributed by atoms with Crippen LogP contribution in [-0.4, -0.2) is 21.7 Å². The molecule has 0 saturated heterocycles. The van der Waals surface area contributed by atoms with Crippen molar-refractivity contribution in [3.8, 4) is 11.5 Å². The van der Waals surface area contributed by atoms with Crippen molar-refractivity contribution in [2.24, 2.45) is 11.7 Å². The van der Waals surface area contributed by atoms with Gasteiger partial charge in [-0.2, -0.15) is 4.98 Å². The average molecular weight is 250 g/mol. The first-order chi connectivity index (χ1) is 8.61. The molecule has 0 radical (unpaired) electrons. The molecule has 1 atom stereocenters. The van der Waals surface area contributed by atoms with Crippen molar-refractivity contribution < 1.29 is 8.91 Å². The van der Waals surface area contributed by atoms with E-state index in [0.717, 1.165) is 6.20 Å². The van der Waals surface area contributed by atoms with Crippen LogP contribution in [-0.2, 0) is 0 Å². The van der Waals surface area contributed by atoms with E-state index in [0.29, 0.717) is 29.9 Å². The summed E-state index contributed by atoms with van der Waals surface area (Å²) in [6, 6.07) is 2.82. The van der Waals surface area contributed by atoms with Crippen molar-refractivity contribution in [2.75, 3.05) is 6.54 Å². The molecule has 0 saturated carbocycles. The fourth-order valence-electron chi connectivity index (χ4n) is 1.66. The van der Waals surface area contributed by atoms with Crippen molar-refractivity contribution in [3.05, 3.63) is 30.0 Å². The zero-order valence-electron chi connectivity index (χ0n) is 10.3. The number of hydrogen-bond acceptors (Lipinski definition) is 5. The molecule has 18 heavy (non-hydrogen) atoms. The maximum atomic E-state index is 12.8. The number of nitrogens with zero attached hydrogens (tertiary/aromatic N) is 3. The van der Waals surface area contributed by atoms with Crippen LogP contribution in [0.5, 0.6) is 0 Å². The van der Waals surface area contributed by atoms with Gasteiger partial charge in [-0.15, -0.1) is 0 Å². The molecule has 1 unspecified atom stereocenters. The highest BCUT2D eigenvalue weighted by Crippen LogP contribution is 2.23. The lowest BCUT2D eigenvalue weighted by molar-refractivity contribution is 0.324. The van der Waals surface area contributed by atoms with Gasteiger partial charge < -0.3 is 10.3 Å². The van der Waals surface area contributed by atoms with Gasteiger partial charge in [-0.3, -0.25) is 0 Å². The summed E-state index contributed by atoms with van der Waals surface area (Å²) in [6.07, 6.45) is 1.12. The van der Waals surface area contributed by atoms with Crippen LogP contribution >= 0.6 is 0 Å². The molecule has 2 aromatic heterocycles. The molecule has 2 rings (SSSR count). The summed E-state index contributed by atoms with van der Waals surface area (Å²) in [5.74, 6) is 0.776. The molecule has 5 nitrogen and oxygen atoms in total. The van der Waals surface area contributed by atoms with Gasteiger partial charge in [-0.1, -0.05) is 19.0 Å². The highest BCUT2D eigenvalue weighted by atomic mass is 19.1. The lowest BCUT2D eigenvalue weighted by atomic mass is 9.96. The van der Waals surface area contributed by atoms with Crippen LogP contribution in [0.3, 0.4) is 0 Å². The van der Waals surface area contributed by atoms with E-state index in [4.69, 9.17) is 10.3 Å². The highest BCUT2D eigenvalue weighted by Gasteiger charge is 2.21. The molecule has 0 aromatic carbocycles. The van der Waals surface area contributed by atoms with Crippen LogP contribution in [0.15, 0.2) is 22.9 Å². The standard InChI is InChI=1S/C12H15FN4O/c1-7(2)9(5-14)12-16-11(17-18-12)10-4-3-8(13)6-15-10/h3-4,6-7,9H,5,14H2,1-2H3. The van der Waals surface area contributed by atoms with Gasteiger partial charge in [-0.05, 0) is 18.1 Å². The summed E-state index contributed by atoms with van der Waals surface area (Å²) >= 11 is 0. The zero-order valence-corrected chi connectivity index (χ0v) is 10.3. The molecule has 0 aliphatic carbocycles. The Balaban J connectivity index is 2.27. The number of halogens is 1. The van der Waals surface area contributed by atoms with Crippen molar-refractivity contribution in [1.82, 2.24) is 15.1 Å². The summed E-state index contributed by atoms with van der Waals surface area (Å²) in [5, 5.41) is 3.84. The predicted molar refractivity (Wildman–Crippen MR) is 64.1 cm³/mol. The average Bonchev–Trinajstić information content (AvgIpc) is 2.80. The van der Waals surface area contributed by atoms with Gasteiger partial charge in [0.1, 0.15) is 11.5 Å². The second kappa shape index (κ2) is 5.22. The second-order valence-corrected chi connectivity index (χ2v) is 4.40. The molecular weight excluding hydrogens is 235 g/mol. The molecule has 0 fully saturated rings. The molecular formula is C12H15FN4O. The van der Waals surface area contributed by atoms with Crippen LogP contribution in [0.2, 0.25) is 0 Å². The number of aromatic nitrogens is 3. The molecule has 0 aliphatic heterocycles. The molecule has 0 bridgehead atoms. The van der Waals surface area contributed by atoms with Gasteiger partial charge in [0, 0.05) is 6.54 Å². The Labute approximate surface area is 104 Å². The Kier molecular flexibility index (Phi) is 3.66. The molecule has 2 N–H and O–H groups in total. The summed E-state index contributed by atoms with van der Waals surface area (Å²) < 4.78 is 17.9. The zero-order chi connectivity index (χ0) is 13.1. The minimum absolute atomic E-state index is 0.0201. The summed E-state index contributed by atoms with van der Waals surface area (Å²) in [5.41, 5.74) is 6.16. The maximum absolute atomic E-state index is 12.8. The van der Waals surface area contributed by atoms with Gasteiger partial charge in [0.25, 0.3) is 0 Å². The van der Waals surface area contributed by atoms with E-state index in [1.807, 2.05) is 13.8 Å². The van der Waals surface area contributed by atoms with E-state index in [-0.39, 0.29) is 5.92 Å². The minimum Gasteiger partial charge on any atom is -0.339 e. The fraction of sp³-hybridized carbons (Fsp3) is 0.417. The molecule has 2 aromatic rings. The van der Waals surface area contributed by atoms with Gasteiger partial charge in [0.2, 0.25) is 11.7 Å². The van der Waals surface area contributed by atoms with Crippen molar-refractivity contribution >= 4 is 0 Å². The molecule has 0 spiro atoms. The number of pyridine rings is 1. The first-order valence-corrected chi connectivity index (χ1v) is 5.77. The quantitative estimate of drug-likeness (QED) is 0.897. The third-order valence-electron chi connectivity index (χ3n) is 2.77. The SMILES string of the molecule is CC(C)C(CN)c1nc(-c2ccc(F)cn2)no1. The summed E-state index contributed by atoms with van der Waals surface area (Å²) in [4.78, 5) is 8.16. The Morgan fingerprint density at radius 3 is 2.72 bits per heavy atom. The number of rotatable bonds is 4. The fourth-order valence-corrected chi connectivity index (χ4v) is 1.66. The van der Waals surface area contributed by atoms with Crippen LogP contribution in [0, 0.1) is 11.7 Å². The Bertz CT molecular complexity index is 509. The molecule has 6 heteroatoms. The smallest absolute Gasteiger partial charge is 0.231 e. The number of hydrogen-bond donors (Lipinski definition) is 1. The van der Waals surface area contributed by atoms with E-state index in [1.54, 1.807) is 0 Å². The van der Waals surface area contributed by atoms with Crippen LogP contribution < -0.4 is 5.73 Å². The maximum Gasteiger partial charge on any atom is 0.231 e. The Hall–Kier alpha value is -1.82. The molecule has 0 aliphatic rings. The van der Waals surface area contributed by atoms with Crippen molar-refractivity contribution in [3.63, 3.8) is 0 Å². The van der Waals surface area contributed by atoms with E-state index < -0.39 is 5.82 Å². The van der Waals surface area contributed by atoms with Crippen LogP contribution in [0.25, 0.3) is 11.5 Å². The van der Waals surface area contributed by atoms with Crippen molar-refractivity contribution in [2.45, 2.75) is 19.8 Å². The van der Waals surface area contributed by atoms with E-state index in [2.05, 4.69) is 15.1 Å². The predicted octanol–water partition coefficient (Wildman–Crippen LogP) is 1.97. The summed E-state index contributed by atoms with van der Waals surface area (Å²) in [7, 11) is 0. The number of nitrogens with two attached hydrogens (primary N) is 1. The lowest BCUT2D eigenvalue weighted by Crippen LogP contribution is -2.18. The van der Waals surface area contributed by atoms with Gasteiger partial charge in [0.05, 0.1) is 12.1 Å². The summed E-state index contributed by atoms with van der Waals surface area (Å²) in [6.45, 7) is 4.52. The first-order valence-electron chi connectivity index (χ1n) is 5.77. The van der Waals surface area contributed by atoms with Gasteiger partial charge in [-0.25, -0.2) is 9.37 Å². The first kappa shape index (κ1) is 12.6. The molecule has 0 amide bonds. The Morgan fingerprint density at radius 1 is 1.39 bits per heavy atom. The Morgan fingerprint density at radius 2 is 2.17 bits per heavy atom. The molecule has 96 valence electrons. The largest absolute Gasteiger partial charge is 0.339 e. The van der Waals surface area contributed by atoms with Gasteiger partial charge in [0.15, 0.2) is 0 Å². The van der Waals surface area contributed by atoms with Crippen LogP contribution in [0.1, 0.15) is 25.7 Å². The monoisotopic (exact) mass is 250 g/mol. The third kappa shape index (κ3) is 2.53. The minimum atomic E-state index is -0.399. The van der Waals surface area contributed by atoms with E-state index in [1.165, 1.54) is 12.1 Å².